The van der Waals surface area contributed by atoms with Crippen LogP contribution in [0.1, 0.15) is 35.5 Å². The van der Waals surface area contributed by atoms with Gasteiger partial charge in [-0.1, -0.05) is 26.2 Å². The average molecular weight is 215 g/mol. The van der Waals surface area contributed by atoms with Crippen LogP contribution in [0.4, 0.5) is 0 Å². The van der Waals surface area contributed by atoms with Crippen molar-refractivity contribution in [3.8, 4) is 0 Å². The number of hydrogen-bond acceptors (Lipinski definition) is 3. The molecule has 0 aliphatic rings. The Morgan fingerprint density at radius 3 is 2.43 bits per heavy atom. The zero-order valence-corrected chi connectivity index (χ0v) is 10.6. The van der Waals surface area contributed by atoms with Crippen LogP contribution >= 0.6 is 0 Å². The minimum Gasteiger partial charge on any atom is -1.00 e. The third-order valence-corrected chi connectivity index (χ3v) is 1.70. The van der Waals surface area contributed by atoms with Crippen molar-refractivity contribution in [3.05, 3.63) is 0 Å². The van der Waals surface area contributed by atoms with Crippen molar-refractivity contribution in [2.75, 3.05) is 26.4 Å². The Kier molecular flexibility index (Phi) is 18.9. The van der Waals surface area contributed by atoms with E-state index in [-0.39, 0.29) is 32.5 Å². The third kappa shape index (κ3) is 14.9. The van der Waals surface area contributed by atoms with E-state index in [1.807, 2.05) is 0 Å². The van der Waals surface area contributed by atoms with Gasteiger partial charge >= 0.3 is 23.1 Å². The Morgan fingerprint density at radius 1 is 1.07 bits per heavy atom. The Morgan fingerprint density at radius 2 is 1.79 bits per heavy atom. The summed E-state index contributed by atoms with van der Waals surface area (Å²) in [4.78, 5) is 9.85. The number of unbranched alkanes of at least 4 members (excludes halogenated alkanes) is 3. The number of hydrogen-bond donors (Lipinski definition) is 0. The van der Waals surface area contributed by atoms with Crippen LogP contribution in [-0.4, -0.2) is 55.8 Å². The molecular formula is C10H22MgO3. The number of carbonyl (C=O) groups excluding carboxylic acids is 1. The van der Waals surface area contributed by atoms with Crippen molar-refractivity contribution in [2.24, 2.45) is 0 Å². The second-order valence-corrected chi connectivity index (χ2v) is 2.91. The van der Waals surface area contributed by atoms with Crippen LogP contribution < -0.4 is 0 Å². The molecule has 0 saturated heterocycles. The molecule has 0 atom stereocenters. The summed E-state index contributed by atoms with van der Waals surface area (Å²) in [5.41, 5.74) is 0. The van der Waals surface area contributed by atoms with Gasteiger partial charge in [0.2, 0.25) is 0 Å². The van der Waals surface area contributed by atoms with Crippen LogP contribution in [0, 0.1) is 0 Å². The first-order valence-electron chi connectivity index (χ1n) is 5.01. The monoisotopic (exact) mass is 214 g/mol. The Balaban J connectivity index is -0.000000240. The summed E-state index contributed by atoms with van der Waals surface area (Å²) < 4.78 is 10.2. The predicted molar refractivity (Wildman–Crippen MR) is 59.8 cm³/mol. The number of aldehydes is 1. The van der Waals surface area contributed by atoms with Gasteiger partial charge in [-0.25, -0.2) is 0 Å². The zero-order chi connectivity index (χ0) is 9.78. The Bertz CT molecular complexity index is 118. The van der Waals surface area contributed by atoms with E-state index in [0.717, 1.165) is 19.3 Å². The van der Waals surface area contributed by atoms with E-state index in [1.165, 1.54) is 19.3 Å². The summed E-state index contributed by atoms with van der Waals surface area (Å²) in [7, 11) is 0. The molecule has 0 bridgehead atoms. The molecule has 0 aliphatic heterocycles. The van der Waals surface area contributed by atoms with E-state index in [2.05, 4.69) is 6.92 Å². The SMILES string of the molecule is CCCCCCOCCOCC=O.[H-].[H-].[Mg+2]. The topological polar surface area (TPSA) is 35.5 Å². The molecule has 0 heterocycles. The summed E-state index contributed by atoms with van der Waals surface area (Å²) in [6, 6.07) is 0. The maximum absolute atomic E-state index is 9.85. The van der Waals surface area contributed by atoms with Gasteiger partial charge in [0.05, 0.1) is 13.2 Å². The zero-order valence-electron chi connectivity index (χ0n) is 11.2. The molecule has 0 fully saturated rings. The van der Waals surface area contributed by atoms with Crippen LogP contribution in [0.2, 0.25) is 0 Å². The summed E-state index contributed by atoms with van der Waals surface area (Å²) >= 11 is 0. The van der Waals surface area contributed by atoms with Gasteiger partial charge in [0, 0.05) is 6.61 Å². The fourth-order valence-electron chi connectivity index (χ4n) is 0.982. The van der Waals surface area contributed by atoms with Crippen molar-refractivity contribution in [3.63, 3.8) is 0 Å². The minimum atomic E-state index is 0. The normalized spacial score (nSPS) is 9.50. The standard InChI is InChI=1S/C10H20O3.Mg.2H/c1-2-3-4-5-7-12-9-10-13-8-6-11;;;/h6H,2-5,7-10H2,1H3;;;/q;+2;2*-1. The molecule has 0 radical (unpaired) electrons. The number of ether oxygens (including phenoxy) is 2. The third-order valence-electron chi connectivity index (χ3n) is 1.70. The summed E-state index contributed by atoms with van der Waals surface area (Å²) in [5.74, 6) is 0. The smallest absolute Gasteiger partial charge is 1.00 e. The van der Waals surface area contributed by atoms with E-state index in [1.54, 1.807) is 0 Å². The molecule has 14 heavy (non-hydrogen) atoms. The van der Waals surface area contributed by atoms with Gasteiger partial charge in [-0.15, -0.1) is 0 Å². The predicted octanol–water partition coefficient (Wildman–Crippen LogP) is 1.64. The Labute approximate surface area is 106 Å². The van der Waals surface area contributed by atoms with Crippen molar-refractivity contribution in [1.29, 1.82) is 0 Å². The molecule has 82 valence electrons. The van der Waals surface area contributed by atoms with Gasteiger partial charge in [-0.3, -0.25) is 0 Å². The molecule has 0 saturated carbocycles. The fourth-order valence-corrected chi connectivity index (χ4v) is 0.982. The van der Waals surface area contributed by atoms with Crippen LogP contribution in [0.25, 0.3) is 0 Å². The van der Waals surface area contributed by atoms with E-state index in [9.17, 15) is 4.79 Å². The van der Waals surface area contributed by atoms with Crippen molar-refractivity contribution in [2.45, 2.75) is 32.6 Å². The second kappa shape index (κ2) is 15.8. The Hall–Kier alpha value is 0.356. The van der Waals surface area contributed by atoms with Crippen molar-refractivity contribution >= 4 is 29.3 Å². The first-order valence-corrected chi connectivity index (χ1v) is 5.01. The second-order valence-electron chi connectivity index (χ2n) is 2.91. The molecular weight excluding hydrogens is 192 g/mol. The summed E-state index contributed by atoms with van der Waals surface area (Å²) in [6.45, 7) is 4.30. The van der Waals surface area contributed by atoms with E-state index >= 15 is 0 Å². The van der Waals surface area contributed by atoms with Crippen LogP contribution in [0.5, 0.6) is 0 Å². The summed E-state index contributed by atoms with van der Waals surface area (Å²) in [6.07, 6.45) is 5.65. The van der Waals surface area contributed by atoms with E-state index < -0.39 is 0 Å². The van der Waals surface area contributed by atoms with E-state index in [4.69, 9.17) is 9.47 Å². The van der Waals surface area contributed by atoms with Crippen LogP contribution in [-0.2, 0) is 14.3 Å². The summed E-state index contributed by atoms with van der Waals surface area (Å²) in [5, 5.41) is 0. The molecule has 0 amide bonds. The van der Waals surface area contributed by atoms with E-state index in [0.29, 0.717) is 13.2 Å². The van der Waals surface area contributed by atoms with Crippen molar-refractivity contribution < 1.29 is 17.1 Å². The van der Waals surface area contributed by atoms with Crippen LogP contribution in [0.15, 0.2) is 0 Å². The molecule has 4 heteroatoms. The molecule has 3 nitrogen and oxygen atoms in total. The van der Waals surface area contributed by atoms with Gasteiger partial charge in [-0.2, -0.15) is 0 Å². The molecule has 0 aliphatic carbocycles. The fraction of sp³-hybridized carbons (Fsp3) is 0.900. The average Bonchev–Trinajstić information content (AvgIpc) is 2.16. The van der Waals surface area contributed by atoms with Crippen molar-refractivity contribution in [1.82, 2.24) is 0 Å². The maximum Gasteiger partial charge on any atom is 2.00 e. The molecule has 0 aromatic carbocycles. The van der Waals surface area contributed by atoms with Gasteiger partial charge in [0.1, 0.15) is 12.9 Å². The number of carbonyl (C=O) groups is 1. The molecule has 0 rings (SSSR count). The first-order chi connectivity index (χ1) is 6.41. The van der Waals surface area contributed by atoms with Crippen LogP contribution in [0.3, 0.4) is 0 Å². The molecule has 0 aromatic heterocycles. The van der Waals surface area contributed by atoms with Gasteiger partial charge in [0.25, 0.3) is 0 Å². The first kappa shape index (κ1) is 16.8. The molecule has 0 aromatic rings. The maximum atomic E-state index is 9.85. The number of rotatable bonds is 10. The van der Waals surface area contributed by atoms with Gasteiger partial charge in [0.15, 0.2) is 0 Å². The minimum absolute atomic E-state index is 0. The molecule has 0 unspecified atom stereocenters. The van der Waals surface area contributed by atoms with Gasteiger partial charge in [-0.05, 0) is 6.42 Å². The molecule has 0 spiro atoms. The molecule has 0 N–H and O–H groups in total. The largest absolute Gasteiger partial charge is 2.00 e. The quantitative estimate of drug-likeness (QED) is 0.315. The van der Waals surface area contributed by atoms with Gasteiger partial charge < -0.3 is 17.1 Å².